The molecule has 0 fully saturated rings. The van der Waals surface area contributed by atoms with Crippen LogP contribution in [0.5, 0.6) is 0 Å². The molecule has 0 radical (unpaired) electrons. The summed E-state index contributed by atoms with van der Waals surface area (Å²) in [5.74, 6) is 1.73. The summed E-state index contributed by atoms with van der Waals surface area (Å²) in [5.41, 5.74) is 1.22. The van der Waals surface area contributed by atoms with Crippen LogP contribution in [0.3, 0.4) is 0 Å². The van der Waals surface area contributed by atoms with Gasteiger partial charge >= 0.3 is 0 Å². The van der Waals surface area contributed by atoms with E-state index in [1.165, 1.54) is 5.56 Å². The molecule has 1 aromatic heterocycles. The van der Waals surface area contributed by atoms with Gasteiger partial charge in [-0.2, -0.15) is 0 Å². The van der Waals surface area contributed by atoms with Gasteiger partial charge in [-0.15, -0.1) is 10.2 Å². The van der Waals surface area contributed by atoms with Gasteiger partial charge in [-0.05, 0) is 17.7 Å². The molecule has 0 aliphatic carbocycles. The van der Waals surface area contributed by atoms with Gasteiger partial charge in [0.25, 0.3) is 0 Å². The Bertz CT molecular complexity index is 492. The molecule has 4 nitrogen and oxygen atoms in total. The Labute approximate surface area is 103 Å². The first-order chi connectivity index (χ1) is 7.70. The van der Waals surface area contributed by atoms with E-state index in [2.05, 4.69) is 43.6 Å². The maximum absolute atomic E-state index is 4.15. The fraction of sp³-hybridized carbons (Fsp3) is 0.273. The molecular formula is C11H13BrN4. The molecule has 0 atom stereocenters. The van der Waals surface area contributed by atoms with Gasteiger partial charge in [-0.1, -0.05) is 28.1 Å². The van der Waals surface area contributed by atoms with Crippen molar-refractivity contribution in [2.75, 3.05) is 12.4 Å². The SMILES string of the molecule is CNc1nnc(Cc2cccc(Br)c2)n1C. The maximum atomic E-state index is 4.15. The van der Waals surface area contributed by atoms with Crippen molar-refractivity contribution >= 4 is 21.9 Å². The number of rotatable bonds is 3. The van der Waals surface area contributed by atoms with Crippen molar-refractivity contribution in [3.63, 3.8) is 0 Å². The van der Waals surface area contributed by atoms with Gasteiger partial charge in [0.15, 0.2) is 0 Å². The quantitative estimate of drug-likeness (QED) is 0.938. The molecule has 0 amide bonds. The lowest BCUT2D eigenvalue weighted by molar-refractivity contribution is 0.825. The molecule has 0 spiro atoms. The fourth-order valence-corrected chi connectivity index (χ4v) is 2.01. The van der Waals surface area contributed by atoms with Crippen molar-refractivity contribution < 1.29 is 0 Å². The van der Waals surface area contributed by atoms with E-state index in [1.54, 1.807) is 0 Å². The van der Waals surface area contributed by atoms with E-state index >= 15 is 0 Å². The van der Waals surface area contributed by atoms with Gasteiger partial charge in [0, 0.05) is 25.0 Å². The maximum Gasteiger partial charge on any atom is 0.224 e. The average molecular weight is 281 g/mol. The molecule has 2 aromatic rings. The molecule has 1 aromatic carbocycles. The molecule has 84 valence electrons. The average Bonchev–Trinajstić information content (AvgIpc) is 2.60. The molecule has 0 unspecified atom stereocenters. The highest BCUT2D eigenvalue weighted by Crippen LogP contribution is 2.15. The summed E-state index contributed by atoms with van der Waals surface area (Å²) in [4.78, 5) is 0. The lowest BCUT2D eigenvalue weighted by atomic mass is 10.1. The van der Waals surface area contributed by atoms with Crippen LogP contribution in [0.25, 0.3) is 0 Å². The van der Waals surface area contributed by atoms with Gasteiger partial charge < -0.3 is 9.88 Å². The minimum Gasteiger partial charge on any atom is -0.357 e. The second-order valence-electron chi connectivity index (χ2n) is 3.56. The normalized spacial score (nSPS) is 10.4. The van der Waals surface area contributed by atoms with Crippen molar-refractivity contribution in [3.8, 4) is 0 Å². The van der Waals surface area contributed by atoms with Gasteiger partial charge in [0.2, 0.25) is 5.95 Å². The Morgan fingerprint density at radius 1 is 1.38 bits per heavy atom. The monoisotopic (exact) mass is 280 g/mol. The van der Waals surface area contributed by atoms with E-state index in [1.807, 2.05) is 30.8 Å². The molecule has 5 heteroatoms. The van der Waals surface area contributed by atoms with Crippen LogP contribution in [0.1, 0.15) is 11.4 Å². The Kier molecular flexibility index (Phi) is 3.24. The van der Waals surface area contributed by atoms with Crippen molar-refractivity contribution in [3.05, 3.63) is 40.1 Å². The van der Waals surface area contributed by atoms with E-state index in [9.17, 15) is 0 Å². The Hall–Kier alpha value is -1.36. The molecule has 0 aliphatic heterocycles. The second kappa shape index (κ2) is 4.65. The first-order valence-corrected chi connectivity index (χ1v) is 5.80. The molecule has 0 bridgehead atoms. The number of nitrogens with zero attached hydrogens (tertiary/aromatic N) is 3. The number of anilines is 1. The number of halogens is 1. The Morgan fingerprint density at radius 2 is 2.19 bits per heavy atom. The third-order valence-corrected chi connectivity index (χ3v) is 2.93. The zero-order valence-corrected chi connectivity index (χ0v) is 10.8. The van der Waals surface area contributed by atoms with E-state index in [-0.39, 0.29) is 0 Å². The van der Waals surface area contributed by atoms with E-state index in [0.717, 1.165) is 22.7 Å². The second-order valence-corrected chi connectivity index (χ2v) is 4.47. The Balaban J connectivity index is 2.24. The summed E-state index contributed by atoms with van der Waals surface area (Å²) in [6.07, 6.45) is 0.782. The standard InChI is InChI=1S/C11H13BrN4/c1-13-11-15-14-10(16(11)2)7-8-4-3-5-9(12)6-8/h3-6H,7H2,1-2H3,(H,13,15). The predicted octanol–water partition coefficient (Wildman–Crippen LogP) is 2.21. The minimum absolute atomic E-state index is 0.782. The summed E-state index contributed by atoms with van der Waals surface area (Å²) in [7, 11) is 3.80. The topological polar surface area (TPSA) is 42.7 Å². The molecule has 0 saturated heterocycles. The molecule has 1 heterocycles. The number of hydrogen-bond acceptors (Lipinski definition) is 3. The predicted molar refractivity (Wildman–Crippen MR) is 67.5 cm³/mol. The van der Waals surface area contributed by atoms with Crippen LogP contribution in [-0.2, 0) is 13.5 Å². The Morgan fingerprint density at radius 3 is 2.81 bits per heavy atom. The lowest BCUT2D eigenvalue weighted by Crippen LogP contribution is -2.03. The van der Waals surface area contributed by atoms with Gasteiger partial charge in [0.05, 0.1) is 0 Å². The summed E-state index contributed by atoms with van der Waals surface area (Å²) >= 11 is 3.46. The lowest BCUT2D eigenvalue weighted by Gasteiger charge is -2.03. The van der Waals surface area contributed by atoms with Crippen molar-refractivity contribution in [2.24, 2.45) is 7.05 Å². The number of nitrogens with one attached hydrogen (secondary N) is 1. The van der Waals surface area contributed by atoms with E-state index in [4.69, 9.17) is 0 Å². The summed E-state index contributed by atoms with van der Waals surface area (Å²) in [6.45, 7) is 0. The fourth-order valence-electron chi connectivity index (χ4n) is 1.56. The molecule has 0 saturated carbocycles. The van der Waals surface area contributed by atoms with Gasteiger partial charge in [-0.3, -0.25) is 0 Å². The van der Waals surface area contributed by atoms with E-state index < -0.39 is 0 Å². The third-order valence-electron chi connectivity index (χ3n) is 2.44. The largest absolute Gasteiger partial charge is 0.357 e. The van der Waals surface area contributed by atoms with Crippen LogP contribution in [0.2, 0.25) is 0 Å². The molecule has 16 heavy (non-hydrogen) atoms. The third kappa shape index (κ3) is 2.24. The number of hydrogen-bond donors (Lipinski definition) is 1. The van der Waals surface area contributed by atoms with Gasteiger partial charge in [0.1, 0.15) is 5.82 Å². The zero-order chi connectivity index (χ0) is 11.5. The first kappa shape index (κ1) is 11.1. The van der Waals surface area contributed by atoms with Crippen molar-refractivity contribution in [2.45, 2.75) is 6.42 Å². The highest BCUT2D eigenvalue weighted by Gasteiger charge is 2.07. The summed E-state index contributed by atoms with van der Waals surface area (Å²) in [5, 5.41) is 11.2. The van der Waals surface area contributed by atoms with Crippen LogP contribution in [0.15, 0.2) is 28.7 Å². The molecule has 2 rings (SSSR count). The van der Waals surface area contributed by atoms with E-state index in [0.29, 0.717) is 0 Å². The zero-order valence-electron chi connectivity index (χ0n) is 9.24. The highest BCUT2D eigenvalue weighted by atomic mass is 79.9. The minimum atomic E-state index is 0.782. The summed E-state index contributed by atoms with van der Waals surface area (Å²) < 4.78 is 3.04. The number of benzene rings is 1. The van der Waals surface area contributed by atoms with Crippen molar-refractivity contribution in [1.29, 1.82) is 0 Å². The first-order valence-electron chi connectivity index (χ1n) is 5.01. The van der Waals surface area contributed by atoms with Crippen LogP contribution in [0, 0.1) is 0 Å². The van der Waals surface area contributed by atoms with Crippen molar-refractivity contribution in [1.82, 2.24) is 14.8 Å². The van der Waals surface area contributed by atoms with Crippen LogP contribution in [0.4, 0.5) is 5.95 Å². The van der Waals surface area contributed by atoms with Gasteiger partial charge in [-0.25, -0.2) is 0 Å². The molecular weight excluding hydrogens is 268 g/mol. The van der Waals surface area contributed by atoms with Crippen LogP contribution in [-0.4, -0.2) is 21.8 Å². The highest BCUT2D eigenvalue weighted by molar-refractivity contribution is 9.10. The smallest absolute Gasteiger partial charge is 0.224 e. The summed E-state index contributed by atoms with van der Waals surface area (Å²) in [6, 6.07) is 8.21. The number of aromatic nitrogens is 3. The molecule has 0 aliphatic rings. The van der Waals surface area contributed by atoms with Crippen LogP contribution >= 0.6 is 15.9 Å². The molecule has 1 N–H and O–H groups in total. The van der Waals surface area contributed by atoms with Crippen LogP contribution < -0.4 is 5.32 Å².